The fraction of sp³-hybridized carbons (Fsp3) is 0.929. The summed E-state index contributed by atoms with van der Waals surface area (Å²) < 4.78 is 24.6. The SMILES string of the molecule is CCNC(=NCCNS(C)(=O)=O)N1CC2CCCCC2C1.I. The first kappa shape index (κ1) is 20.0. The van der Waals surface area contributed by atoms with E-state index in [2.05, 4.69) is 26.9 Å². The summed E-state index contributed by atoms with van der Waals surface area (Å²) in [5, 5.41) is 3.33. The van der Waals surface area contributed by atoms with Crippen molar-refractivity contribution in [2.75, 3.05) is 39.0 Å². The monoisotopic (exact) mass is 444 g/mol. The summed E-state index contributed by atoms with van der Waals surface area (Å²) in [7, 11) is -3.12. The number of likely N-dealkylation sites (tertiary alicyclic amines) is 1. The topological polar surface area (TPSA) is 73.8 Å². The maximum Gasteiger partial charge on any atom is 0.208 e. The number of aliphatic imine (C=N–C) groups is 1. The molecule has 0 amide bonds. The van der Waals surface area contributed by atoms with Crippen LogP contribution in [0.4, 0.5) is 0 Å². The standard InChI is InChI=1S/C14H28N4O2S.HI/c1-3-15-14(16-8-9-17-21(2,19)20)18-10-12-6-4-5-7-13(12)11-18;/h12-13,17H,3-11H2,1-2H3,(H,15,16);1H. The Hall–Kier alpha value is -0.0900. The molecule has 8 heteroatoms. The van der Waals surface area contributed by atoms with E-state index < -0.39 is 10.0 Å². The molecule has 0 aromatic carbocycles. The number of hydrogen-bond donors (Lipinski definition) is 2. The highest BCUT2D eigenvalue weighted by Gasteiger charge is 2.35. The molecule has 130 valence electrons. The molecule has 1 saturated carbocycles. The third-order valence-electron chi connectivity index (χ3n) is 4.35. The van der Waals surface area contributed by atoms with Crippen LogP contribution in [0.2, 0.25) is 0 Å². The van der Waals surface area contributed by atoms with Crippen molar-refractivity contribution >= 4 is 40.0 Å². The van der Waals surface area contributed by atoms with Crippen LogP contribution < -0.4 is 10.0 Å². The number of hydrogen-bond acceptors (Lipinski definition) is 3. The molecule has 1 aliphatic heterocycles. The van der Waals surface area contributed by atoms with Gasteiger partial charge in [0.15, 0.2) is 5.96 Å². The molecule has 1 saturated heterocycles. The van der Waals surface area contributed by atoms with Gasteiger partial charge in [-0.25, -0.2) is 13.1 Å². The molecule has 1 aliphatic carbocycles. The van der Waals surface area contributed by atoms with Gasteiger partial charge in [0.25, 0.3) is 0 Å². The number of nitrogens with zero attached hydrogens (tertiary/aromatic N) is 2. The molecule has 2 aliphatic rings. The molecule has 6 nitrogen and oxygen atoms in total. The largest absolute Gasteiger partial charge is 0.357 e. The van der Waals surface area contributed by atoms with E-state index in [-0.39, 0.29) is 24.0 Å². The summed E-state index contributed by atoms with van der Waals surface area (Å²) in [5.74, 6) is 2.57. The van der Waals surface area contributed by atoms with Crippen molar-refractivity contribution in [3.05, 3.63) is 0 Å². The van der Waals surface area contributed by atoms with E-state index in [1.807, 2.05) is 0 Å². The van der Waals surface area contributed by atoms with E-state index in [1.165, 1.54) is 31.9 Å². The highest BCUT2D eigenvalue weighted by molar-refractivity contribution is 14.0. The predicted octanol–water partition coefficient (Wildman–Crippen LogP) is 1.24. The first-order chi connectivity index (χ1) is 9.99. The lowest BCUT2D eigenvalue weighted by Crippen LogP contribution is -2.40. The van der Waals surface area contributed by atoms with Gasteiger partial charge in [-0.15, -0.1) is 24.0 Å². The fourth-order valence-electron chi connectivity index (χ4n) is 3.40. The summed E-state index contributed by atoms with van der Waals surface area (Å²) in [4.78, 5) is 6.91. The maximum absolute atomic E-state index is 11.0. The van der Waals surface area contributed by atoms with E-state index >= 15 is 0 Å². The Bertz CT molecular complexity index is 455. The average molecular weight is 444 g/mol. The van der Waals surface area contributed by atoms with Crippen LogP contribution >= 0.6 is 24.0 Å². The Morgan fingerprint density at radius 1 is 1.23 bits per heavy atom. The van der Waals surface area contributed by atoms with E-state index in [0.717, 1.165) is 37.4 Å². The van der Waals surface area contributed by atoms with Crippen LogP contribution in [0.3, 0.4) is 0 Å². The van der Waals surface area contributed by atoms with Gasteiger partial charge in [0.05, 0.1) is 12.8 Å². The second-order valence-corrected chi connectivity index (χ2v) is 7.94. The lowest BCUT2D eigenvalue weighted by Gasteiger charge is -2.22. The average Bonchev–Trinajstić information content (AvgIpc) is 2.84. The van der Waals surface area contributed by atoms with Gasteiger partial charge in [0.1, 0.15) is 0 Å². The molecule has 22 heavy (non-hydrogen) atoms. The van der Waals surface area contributed by atoms with Crippen LogP contribution in [0.1, 0.15) is 32.6 Å². The minimum atomic E-state index is -3.12. The van der Waals surface area contributed by atoms with Crippen LogP contribution in [0, 0.1) is 11.8 Å². The summed E-state index contributed by atoms with van der Waals surface area (Å²) in [6.45, 7) is 5.92. The smallest absolute Gasteiger partial charge is 0.208 e. The zero-order valence-electron chi connectivity index (χ0n) is 13.5. The van der Waals surface area contributed by atoms with Crippen LogP contribution in [0.15, 0.2) is 4.99 Å². The van der Waals surface area contributed by atoms with Crippen molar-refractivity contribution in [1.29, 1.82) is 0 Å². The third kappa shape index (κ3) is 6.19. The van der Waals surface area contributed by atoms with Gasteiger partial charge < -0.3 is 10.2 Å². The van der Waals surface area contributed by atoms with Gasteiger partial charge in [-0.1, -0.05) is 12.8 Å². The molecule has 2 unspecified atom stereocenters. The molecule has 0 aromatic rings. The number of sulfonamides is 1. The second-order valence-electron chi connectivity index (χ2n) is 6.11. The van der Waals surface area contributed by atoms with E-state index in [4.69, 9.17) is 0 Å². The number of nitrogens with one attached hydrogen (secondary N) is 2. The molecule has 2 N–H and O–H groups in total. The quantitative estimate of drug-likeness (QED) is 0.290. The summed E-state index contributed by atoms with van der Waals surface area (Å²) >= 11 is 0. The van der Waals surface area contributed by atoms with Gasteiger partial charge >= 0.3 is 0 Å². The summed E-state index contributed by atoms with van der Waals surface area (Å²) in [6, 6.07) is 0. The molecule has 0 spiro atoms. The Balaban J connectivity index is 0.00000242. The van der Waals surface area contributed by atoms with E-state index in [9.17, 15) is 8.42 Å². The van der Waals surface area contributed by atoms with Crippen molar-refractivity contribution < 1.29 is 8.42 Å². The Labute approximate surface area is 151 Å². The van der Waals surface area contributed by atoms with Gasteiger partial charge in [-0.2, -0.15) is 0 Å². The van der Waals surface area contributed by atoms with E-state index in [1.54, 1.807) is 0 Å². The molecule has 1 heterocycles. The highest BCUT2D eigenvalue weighted by Crippen LogP contribution is 2.35. The predicted molar refractivity (Wildman–Crippen MR) is 101 cm³/mol. The van der Waals surface area contributed by atoms with Crippen molar-refractivity contribution in [3.63, 3.8) is 0 Å². The number of rotatable bonds is 5. The van der Waals surface area contributed by atoms with Gasteiger partial charge in [0, 0.05) is 26.2 Å². The van der Waals surface area contributed by atoms with Crippen molar-refractivity contribution in [2.24, 2.45) is 16.8 Å². The first-order valence-electron chi connectivity index (χ1n) is 7.97. The minimum absolute atomic E-state index is 0. The lowest BCUT2D eigenvalue weighted by molar-refractivity contribution is 0.299. The zero-order chi connectivity index (χ0) is 15.3. The maximum atomic E-state index is 11.0. The number of halogens is 1. The van der Waals surface area contributed by atoms with Crippen molar-refractivity contribution in [3.8, 4) is 0 Å². The third-order valence-corrected chi connectivity index (χ3v) is 5.08. The van der Waals surface area contributed by atoms with Crippen LogP contribution in [-0.2, 0) is 10.0 Å². The Kier molecular flexibility index (Phi) is 8.40. The molecular weight excluding hydrogens is 415 g/mol. The number of fused-ring (bicyclic) bond motifs is 1. The summed E-state index contributed by atoms with van der Waals surface area (Å²) in [5.41, 5.74) is 0. The van der Waals surface area contributed by atoms with Crippen molar-refractivity contribution in [2.45, 2.75) is 32.6 Å². The van der Waals surface area contributed by atoms with Crippen molar-refractivity contribution in [1.82, 2.24) is 14.9 Å². The van der Waals surface area contributed by atoms with Gasteiger partial charge in [-0.3, -0.25) is 4.99 Å². The minimum Gasteiger partial charge on any atom is -0.357 e. The van der Waals surface area contributed by atoms with Crippen LogP contribution in [0.25, 0.3) is 0 Å². The lowest BCUT2D eigenvalue weighted by atomic mass is 9.82. The Morgan fingerprint density at radius 2 is 1.82 bits per heavy atom. The molecule has 2 rings (SSSR count). The Morgan fingerprint density at radius 3 is 2.32 bits per heavy atom. The molecular formula is C14H29IN4O2S. The number of guanidine groups is 1. The zero-order valence-corrected chi connectivity index (χ0v) is 16.7. The molecule has 0 aromatic heterocycles. The summed E-state index contributed by atoms with van der Waals surface area (Å²) in [6.07, 6.45) is 6.58. The van der Waals surface area contributed by atoms with Gasteiger partial charge in [0.2, 0.25) is 10.0 Å². The van der Waals surface area contributed by atoms with Gasteiger partial charge in [-0.05, 0) is 31.6 Å². The van der Waals surface area contributed by atoms with Crippen LogP contribution in [0.5, 0.6) is 0 Å². The molecule has 2 fully saturated rings. The normalized spacial score (nSPS) is 25.5. The fourth-order valence-corrected chi connectivity index (χ4v) is 3.86. The second kappa shape index (κ2) is 9.27. The molecule has 0 bridgehead atoms. The van der Waals surface area contributed by atoms with Crippen LogP contribution in [-0.4, -0.2) is 58.3 Å². The molecule has 0 radical (unpaired) electrons. The first-order valence-corrected chi connectivity index (χ1v) is 9.86. The molecule has 2 atom stereocenters. The highest BCUT2D eigenvalue weighted by atomic mass is 127. The van der Waals surface area contributed by atoms with E-state index in [0.29, 0.717) is 13.1 Å².